The summed E-state index contributed by atoms with van der Waals surface area (Å²) in [5, 5.41) is 18.6. The van der Waals surface area contributed by atoms with Gasteiger partial charge in [-0.1, -0.05) is 6.07 Å². The summed E-state index contributed by atoms with van der Waals surface area (Å²) in [5.41, 5.74) is 2.86. The lowest BCUT2D eigenvalue weighted by atomic mass is 9.95. The monoisotopic (exact) mass is 244 g/mol. The highest BCUT2D eigenvalue weighted by atomic mass is 16.3. The van der Waals surface area contributed by atoms with Crippen LogP contribution in [0.3, 0.4) is 0 Å². The second-order valence-corrected chi connectivity index (χ2v) is 5.13. The molecule has 0 radical (unpaired) electrons. The Bertz CT molecular complexity index is 444. The van der Waals surface area contributed by atoms with Crippen molar-refractivity contribution in [2.45, 2.75) is 25.7 Å². The Labute approximate surface area is 109 Å². The van der Waals surface area contributed by atoms with Gasteiger partial charge in [0.15, 0.2) is 0 Å². The van der Waals surface area contributed by atoms with Crippen LogP contribution in [-0.4, -0.2) is 36.2 Å². The molecule has 0 spiro atoms. The summed E-state index contributed by atoms with van der Waals surface area (Å²) in [6, 6.07) is 8.06. The minimum absolute atomic E-state index is 0.120. The molecule has 2 rings (SSSR count). The van der Waals surface area contributed by atoms with Gasteiger partial charge in [0.1, 0.15) is 0 Å². The largest absolute Gasteiger partial charge is 0.396 e. The maximum Gasteiger partial charge on any atom is 0.0991 e. The number of hydrogen-bond donors (Lipinski definition) is 1. The van der Waals surface area contributed by atoms with Crippen molar-refractivity contribution in [2.75, 3.05) is 26.2 Å². The van der Waals surface area contributed by atoms with Crippen molar-refractivity contribution in [1.29, 1.82) is 5.26 Å². The van der Waals surface area contributed by atoms with Gasteiger partial charge in [0.25, 0.3) is 0 Å². The highest BCUT2D eigenvalue weighted by Gasteiger charge is 2.19. The third kappa shape index (κ3) is 3.10. The smallest absolute Gasteiger partial charge is 0.0991 e. The summed E-state index contributed by atoms with van der Waals surface area (Å²) < 4.78 is 0. The second-order valence-electron chi connectivity index (χ2n) is 5.13. The summed E-state index contributed by atoms with van der Waals surface area (Å²) in [5.74, 6) is 0.120. The van der Waals surface area contributed by atoms with E-state index in [1.165, 1.54) is 12.8 Å². The van der Waals surface area contributed by atoms with E-state index in [1.807, 2.05) is 19.1 Å². The van der Waals surface area contributed by atoms with E-state index in [9.17, 15) is 5.11 Å². The number of rotatable bonds is 4. The van der Waals surface area contributed by atoms with E-state index in [0.29, 0.717) is 5.56 Å². The van der Waals surface area contributed by atoms with Crippen molar-refractivity contribution in [2.24, 2.45) is 0 Å². The quantitative estimate of drug-likeness (QED) is 0.881. The molecule has 3 nitrogen and oxygen atoms in total. The molecule has 18 heavy (non-hydrogen) atoms. The van der Waals surface area contributed by atoms with Crippen LogP contribution in [-0.2, 0) is 0 Å². The standard InChI is InChI=1S/C15H20N2O/c1-12-6-13(9-16)8-14(7-12)15(11-18)10-17-4-2-3-5-17/h6-8,15,18H,2-5,10-11H2,1H3. The van der Waals surface area contributed by atoms with Gasteiger partial charge in [-0.2, -0.15) is 5.26 Å². The fourth-order valence-electron chi connectivity index (χ4n) is 2.66. The fraction of sp³-hybridized carbons (Fsp3) is 0.533. The zero-order valence-corrected chi connectivity index (χ0v) is 10.9. The number of aryl methyl sites for hydroxylation is 1. The number of aliphatic hydroxyl groups is 1. The Kier molecular flexibility index (Phi) is 4.35. The number of hydrogen-bond acceptors (Lipinski definition) is 3. The first-order valence-corrected chi connectivity index (χ1v) is 6.58. The summed E-state index contributed by atoms with van der Waals surface area (Å²) in [6.07, 6.45) is 2.52. The van der Waals surface area contributed by atoms with Crippen LogP contribution in [0, 0.1) is 18.3 Å². The van der Waals surface area contributed by atoms with Crippen molar-refractivity contribution >= 4 is 0 Å². The van der Waals surface area contributed by atoms with Crippen LogP contribution >= 0.6 is 0 Å². The lowest BCUT2D eigenvalue weighted by Gasteiger charge is -2.22. The van der Waals surface area contributed by atoms with E-state index >= 15 is 0 Å². The average molecular weight is 244 g/mol. The van der Waals surface area contributed by atoms with Crippen LogP contribution in [0.25, 0.3) is 0 Å². The normalized spacial score (nSPS) is 17.6. The number of nitrogens with zero attached hydrogens (tertiary/aromatic N) is 2. The third-order valence-electron chi connectivity index (χ3n) is 3.60. The van der Waals surface area contributed by atoms with Gasteiger partial charge < -0.3 is 10.0 Å². The van der Waals surface area contributed by atoms with Gasteiger partial charge in [-0.25, -0.2) is 0 Å². The molecule has 1 heterocycles. The highest BCUT2D eigenvalue weighted by molar-refractivity contribution is 5.38. The first-order chi connectivity index (χ1) is 8.72. The maximum absolute atomic E-state index is 9.58. The van der Waals surface area contributed by atoms with E-state index in [0.717, 1.165) is 30.8 Å². The van der Waals surface area contributed by atoms with E-state index in [1.54, 1.807) is 0 Å². The molecule has 1 unspecified atom stereocenters. The lowest BCUT2D eigenvalue weighted by molar-refractivity contribution is 0.220. The molecular formula is C15H20N2O. The molecule has 1 fully saturated rings. The molecule has 0 amide bonds. The van der Waals surface area contributed by atoms with Crippen molar-refractivity contribution in [1.82, 2.24) is 4.90 Å². The minimum Gasteiger partial charge on any atom is -0.396 e. The van der Waals surface area contributed by atoms with Gasteiger partial charge >= 0.3 is 0 Å². The van der Waals surface area contributed by atoms with Crippen molar-refractivity contribution < 1.29 is 5.11 Å². The van der Waals surface area contributed by atoms with Crippen LogP contribution < -0.4 is 0 Å². The van der Waals surface area contributed by atoms with E-state index in [2.05, 4.69) is 17.0 Å². The Morgan fingerprint density at radius 1 is 1.33 bits per heavy atom. The predicted molar refractivity (Wildman–Crippen MR) is 71.4 cm³/mol. The summed E-state index contributed by atoms with van der Waals surface area (Å²) in [7, 11) is 0. The van der Waals surface area contributed by atoms with Crippen LogP contribution in [0.5, 0.6) is 0 Å². The molecular weight excluding hydrogens is 224 g/mol. The molecule has 1 aromatic carbocycles. The van der Waals surface area contributed by atoms with Crippen LogP contribution in [0.2, 0.25) is 0 Å². The molecule has 1 aromatic rings. The fourth-order valence-corrected chi connectivity index (χ4v) is 2.66. The molecule has 1 atom stereocenters. The molecule has 1 aliphatic heterocycles. The number of benzene rings is 1. The average Bonchev–Trinajstić information content (AvgIpc) is 2.88. The Morgan fingerprint density at radius 2 is 2.06 bits per heavy atom. The summed E-state index contributed by atoms with van der Waals surface area (Å²) in [6.45, 7) is 5.30. The van der Waals surface area contributed by atoms with Gasteiger partial charge in [-0.15, -0.1) is 0 Å². The third-order valence-corrected chi connectivity index (χ3v) is 3.60. The molecule has 1 N–H and O–H groups in total. The van der Waals surface area contributed by atoms with Crippen molar-refractivity contribution in [3.63, 3.8) is 0 Å². The zero-order chi connectivity index (χ0) is 13.0. The highest BCUT2D eigenvalue weighted by Crippen LogP contribution is 2.21. The van der Waals surface area contributed by atoms with Crippen LogP contribution in [0.1, 0.15) is 35.4 Å². The van der Waals surface area contributed by atoms with Crippen LogP contribution in [0.15, 0.2) is 18.2 Å². The molecule has 3 heteroatoms. The van der Waals surface area contributed by atoms with Gasteiger partial charge in [-0.3, -0.25) is 0 Å². The van der Waals surface area contributed by atoms with Gasteiger partial charge in [0, 0.05) is 12.5 Å². The minimum atomic E-state index is 0.120. The van der Waals surface area contributed by atoms with E-state index in [4.69, 9.17) is 5.26 Å². The molecule has 0 saturated carbocycles. The molecule has 1 saturated heterocycles. The summed E-state index contributed by atoms with van der Waals surface area (Å²) >= 11 is 0. The number of likely N-dealkylation sites (tertiary alicyclic amines) is 1. The van der Waals surface area contributed by atoms with Gasteiger partial charge in [-0.05, 0) is 56.1 Å². The van der Waals surface area contributed by atoms with Gasteiger partial charge in [0.2, 0.25) is 0 Å². The topological polar surface area (TPSA) is 47.3 Å². The van der Waals surface area contributed by atoms with E-state index < -0.39 is 0 Å². The predicted octanol–water partition coefficient (Wildman–Crippen LogP) is 2.04. The zero-order valence-electron chi connectivity index (χ0n) is 10.9. The SMILES string of the molecule is Cc1cc(C#N)cc(C(CO)CN2CCCC2)c1. The maximum atomic E-state index is 9.58. The number of nitriles is 1. The summed E-state index contributed by atoms with van der Waals surface area (Å²) in [4.78, 5) is 2.40. The molecule has 0 aliphatic carbocycles. The first kappa shape index (κ1) is 13.1. The number of aliphatic hydroxyl groups excluding tert-OH is 1. The van der Waals surface area contributed by atoms with Gasteiger partial charge in [0.05, 0.1) is 18.2 Å². The lowest BCUT2D eigenvalue weighted by Crippen LogP contribution is -2.27. The van der Waals surface area contributed by atoms with Crippen LogP contribution in [0.4, 0.5) is 0 Å². The van der Waals surface area contributed by atoms with E-state index in [-0.39, 0.29) is 12.5 Å². The second kappa shape index (κ2) is 5.99. The molecule has 96 valence electrons. The Hall–Kier alpha value is -1.37. The Morgan fingerprint density at radius 3 is 2.67 bits per heavy atom. The molecule has 1 aliphatic rings. The molecule has 0 aromatic heterocycles. The van der Waals surface area contributed by atoms with Crippen molar-refractivity contribution in [3.05, 3.63) is 34.9 Å². The van der Waals surface area contributed by atoms with Crippen molar-refractivity contribution in [3.8, 4) is 6.07 Å². The molecule has 0 bridgehead atoms. The first-order valence-electron chi connectivity index (χ1n) is 6.58. The Balaban J connectivity index is 2.15.